The maximum atomic E-state index is 11.8. The quantitative estimate of drug-likeness (QED) is 0.228. The molecule has 5 heteroatoms. The number of carbonyl (C=O) groups is 2. The Morgan fingerprint density at radius 3 is 1.89 bits per heavy atom. The summed E-state index contributed by atoms with van der Waals surface area (Å²) in [6.07, 6.45) is 4.64. The van der Waals surface area contributed by atoms with Crippen molar-refractivity contribution in [2.75, 3.05) is 13.2 Å². The van der Waals surface area contributed by atoms with E-state index in [-0.39, 0.29) is 18.7 Å². The van der Waals surface area contributed by atoms with E-state index in [0.29, 0.717) is 19.6 Å². The predicted octanol–water partition coefficient (Wildman–Crippen LogP) is 6.49. The molecule has 0 bridgehead atoms. The maximum absolute atomic E-state index is 11.8. The highest BCUT2D eigenvalue weighted by atomic mass is 16.5. The minimum atomic E-state index is -0.372. The third-order valence-electron chi connectivity index (χ3n) is 5.77. The summed E-state index contributed by atoms with van der Waals surface area (Å²) in [5.74, 6) is -0.123. The molecule has 0 aliphatic rings. The van der Waals surface area contributed by atoms with Gasteiger partial charge in [0.1, 0.15) is 6.61 Å². The van der Waals surface area contributed by atoms with E-state index < -0.39 is 0 Å². The summed E-state index contributed by atoms with van der Waals surface area (Å²) < 4.78 is 10.2. The first-order valence-electron chi connectivity index (χ1n) is 12.4. The van der Waals surface area contributed by atoms with E-state index in [1.54, 1.807) is 0 Å². The fourth-order valence-electron chi connectivity index (χ4n) is 3.82. The summed E-state index contributed by atoms with van der Waals surface area (Å²) in [6.45, 7) is 3.17. The first kappa shape index (κ1) is 26.0. The van der Waals surface area contributed by atoms with E-state index in [4.69, 9.17) is 9.47 Å². The van der Waals surface area contributed by atoms with Gasteiger partial charge in [-0.05, 0) is 66.8 Å². The SMILES string of the molecule is CCOC(=O)CCCc1ccc(-c2ccc(CCCCNC(=O)OCc3ccccc3)cc2)cc1. The molecule has 1 amide bonds. The van der Waals surface area contributed by atoms with Gasteiger partial charge in [0.15, 0.2) is 0 Å². The van der Waals surface area contributed by atoms with Crippen molar-refractivity contribution in [2.24, 2.45) is 0 Å². The molecule has 0 aliphatic heterocycles. The van der Waals surface area contributed by atoms with Gasteiger partial charge < -0.3 is 14.8 Å². The second kappa shape index (κ2) is 14.6. The molecule has 3 aromatic carbocycles. The normalized spacial score (nSPS) is 10.5. The van der Waals surface area contributed by atoms with E-state index in [0.717, 1.165) is 37.7 Å². The summed E-state index contributed by atoms with van der Waals surface area (Å²) in [7, 11) is 0. The Hall–Kier alpha value is -3.60. The standard InChI is InChI=1S/C30H35NO4/c1-2-34-29(32)13-8-12-25-16-20-28(21-17-25)27-18-14-24(15-19-27)9-6-7-22-31-30(33)35-23-26-10-4-3-5-11-26/h3-5,10-11,14-21H,2,6-9,12-13,22-23H2,1H3,(H,31,33). The second-order valence-corrected chi connectivity index (χ2v) is 8.50. The highest BCUT2D eigenvalue weighted by molar-refractivity contribution is 5.69. The molecule has 1 N–H and O–H groups in total. The maximum Gasteiger partial charge on any atom is 0.407 e. The molecule has 0 radical (unpaired) electrons. The predicted molar refractivity (Wildman–Crippen MR) is 139 cm³/mol. The van der Waals surface area contributed by atoms with Crippen LogP contribution in [0.25, 0.3) is 11.1 Å². The fraction of sp³-hybridized carbons (Fsp3) is 0.333. The fourth-order valence-corrected chi connectivity index (χ4v) is 3.82. The van der Waals surface area contributed by atoms with Crippen molar-refractivity contribution in [1.82, 2.24) is 5.32 Å². The van der Waals surface area contributed by atoms with Gasteiger partial charge >= 0.3 is 12.1 Å². The van der Waals surface area contributed by atoms with Gasteiger partial charge in [-0.15, -0.1) is 0 Å². The number of rotatable bonds is 13. The van der Waals surface area contributed by atoms with Gasteiger partial charge in [0.05, 0.1) is 6.61 Å². The first-order chi connectivity index (χ1) is 17.1. The summed E-state index contributed by atoms with van der Waals surface area (Å²) in [5.41, 5.74) is 5.87. The monoisotopic (exact) mass is 473 g/mol. The van der Waals surface area contributed by atoms with E-state index >= 15 is 0 Å². The Balaban J connectivity index is 1.32. The molecule has 0 aliphatic carbocycles. The van der Waals surface area contributed by atoms with E-state index in [1.165, 1.54) is 22.3 Å². The van der Waals surface area contributed by atoms with Crippen molar-refractivity contribution in [3.05, 3.63) is 95.6 Å². The molecule has 0 spiro atoms. The van der Waals surface area contributed by atoms with Gasteiger partial charge in [-0.25, -0.2) is 4.79 Å². The van der Waals surface area contributed by atoms with Gasteiger partial charge in [-0.1, -0.05) is 78.9 Å². The number of unbranched alkanes of at least 4 members (excludes halogenated alkanes) is 1. The average molecular weight is 474 g/mol. The minimum absolute atomic E-state index is 0.123. The molecule has 0 saturated heterocycles. The lowest BCUT2D eigenvalue weighted by Gasteiger charge is -2.08. The van der Waals surface area contributed by atoms with Crippen molar-refractivity contribution < 1.29 is 19.1 Å². The molecule has 0 heterocycles. The average Bonchev–Trinajstić information content (AvgIpc) is 2.89. The van der Waals surface area contributed by atoms with Crippen molar-refractivity contribution in [3.8, 4) is 11.1 Å². The Bertz CT molecular complexity index is 1030. The number of carbonyl (C=O) groups excluding carboxylic acids is 2. The summed E-state index contributed by atoms with van der Waals surface area (Å²) >= 11 is 0. The van der Waals surface area contributed by atoms with Crippen LogP contribution >= 0.6 is 0 Å². The summed E-state index contributed by atoms with van der Waals surface area (Å²) in [4.78, 5) is 23.2. The van der Waals surface area contributed by atoms with Gasteiger partial charge in [0, 0.05) is 13.0 Å². The van der Waals surface area contributed by atoms with Crippen LogP contribution in [0.3, 0.4) is 0 Å². The molecule has 0 atom stereocenters. The molecule has 0 fully saturated rings. The highest BCUT2D eigenvalue weighted by Crippen LogP contribution is 2.21. The lowest BCUT2D eigenvalue weighted by atomic mass is 9.99. The number of ether oxygens (including phenoxy) is 2. The van der Waals surface area contributed by atoms with Crippen LogP contribution in [-0.4, -0.2) is 25.2 Å². The van der Waals surface area contributed by atoms with E-state index in [9.17, 15) is 9.59 Å². The van der Waals surface area contributed by atoms with Crippen LogP contribution in [0.2, 0.25) is 0 Å². The van der Waals surface area contributed by atoms with Crippen molar-refractivity contribution >= 4 is 12.1 Å². The highest BCUT2D eigenvalue weighted by Gasteiger charge is 2.04. The van der Waals surface area contributed by atoms with Crippen molar-refractivity contribution in [3.63, 3.8) is 0 Å². The van der Waals surface area contributed by atoms with Gasteiger partial charge in [0.25, 0.3) is 0 Å². The van der Waals surface area contributed by atoms with Crippen LogP contribution in [0, 0.1) is 0 Å². The topological polar surface area (TPSA) is 64.6 Å². The zero-order valence-electron chi connectivity index (χ0n) is 20.5. The molecular formula is C30H35NO4. The van der Waals surface area contributed by atoms with Gasteiger partial charge in [-0.3, -0.25) is 4.79 Å². The number of alkyl carbamates (subject to hydrolysis) is 1. The number of esters is 1. The van der Waals surface area contributed by atoms with E-state index in [2.05, 4.69) is 53.8 Å². The second-order valence-electron chi connectivity index (χ2n) is 8.50. The molecule has 5 nitrogen and oxygen atoms in total. The molecule has 3 rings (SSSR count). The zero-order chi connectivity index (χ0) is 24.7. The van der Waals surface area contributed by atoms with Gasteiger partial charge in [-0.2, -0.15) is 0 Å². The van der Waals surface area contributed by atoms with Crippen LogP contribution in [-0.2, 0) is 33.7 Å². The Morgan fingerprint density at radius 2 is 1.29 bits per heavy atom. The molecule has 0 aromatic heterocycles. The van der Waals surface area contributed by atoms with Crippen LogP contribution in [0.15, 0.2) is 78.9 Å². The molecule has 0 saturated carbocycles. The van der Waals surface area contributed by atoms with Crippen LogP contribution in [0.5, 0.6) is 0 Å². The minimum Gasteiger partial charge on any atom is -0.466 e. The molecular weight excluding hydrogens is 438 g/mol. The smallest absolute Gasteiger partial charge is 0.407 e. The Morgan fingerprint density at radius 1 is 0.686 bits per heavy atom. The van der Waals surface area contributed by atoms with Crippen LogP contribution in [0.4, 0.5) is 4.79 Å². The third-order valence-corrected chi connectivity index (χ3v) is 5.77. The van der Waals surface area contributed by atoms with E-state index in [1.807, 2.05) is 37.3 Å². The third kappa shape index (κ3) is 9.65. The number of nitrogens with one attached hydrogen (secondary N) is 1. The first-order valence-corrected chi connectivity index (χ1v) is 12.4. The zero-order valence-corrected chi connectivity index (χ0v) is 20.5. The summed E-state index contributed by atoms with van der Waals surface area (Å²) in [5, 5.41) is 2.81. The van der Waals surface area contributed by atoms with Gasteiger partial charge in [0.2, 0.25) is 0 Å². The summed E-state index contributed by atoms with van der Waals surface area (Å²) in [6, 6.07) is 26.9. The number of hydrogen-bond acceptors (Lipinski definition) is 4. The number of benzene rings is 3. The molecule has 35 heavy (non-hydrogen) atoms. The Kier molecular flexibility index (Phi) is 10.9. The number of hydrogen-bond donors (Lipinski definition) is 1. The lowest BCUT2D eigenvalue weighted by Crippen LogP contribution is -2.25. The number of amides is 1. The molecule has 0 unspecified atom stereocenters. The number of aryl methyl sites for hydroxylation is 2. The molecule has 3 aromatic rings. The Labute approximate surface area is 208 Å². The largest absolute Gasteiger partial charge is 0.466 e. The van der Waals surface area contributed by atoms with Crippen LogP contribution < -0.4 is 5.32 Å². The van der Waals surface area contributed by atoms with Crippen molar-refractivity contribution in [1.29, 1.82) is 0 Å². The lowest BCUT2D eigenvalue weighted by molar-refractivity contribution is -0.143. The van der Waals surface area contributed by atoms with Crippen LogP contribution in [0.1, 0.15) is 49.3 Å². The molecule has 184 valence electrons. The van der Waals surface area contributed by atoms with Crippen molar-refractivity contribution in [2.45, 2.75) is 52.1 Å².